The van der Waals surface area contributed by atoms with Gasteiger partial charge in [0.1, 0.15) is 0 Å². The lowest BCUT2D eigenvalue weighted by Gasteiger charge is -2.53. The minimum atomic E-state index is -0.513. The van der Waals surface area contributed by atoms with E-state index < -0.39 is 5.41 Å². The number of carbonyl (C=O) groups excluding carboxylic acids is 4. The van der Waals surface area contributed by atoms with Crippen molar-refractivity contribution in [3.63, 3.8) is 0 Å². The summed E-state index contributed by atoms with van der Waals surface area (Å²) < 4.78 is 13.6. The first-order chi connectivity index (χ1) is 21.2. The molecule has 12 heteroatoms. The Hall–Kier alpha value is -2.40. The Morgan fingerprint density at radius 2 is 1.14 bits per heavy atom. The fraction of sp³-hybridized carbons (Fsp3) is 0.562. The average molecular weight is 740 g/mol. The lowest BCUT2D eigenvalue weighted by atomic mass is 9.67. The van der Waals surface area contributed by atoms with Crippen LogP contribution < -0.4 is 9.80 Å². The first-order valence-corrected chi connectivity index (χ1v) is 16.3. The fourth-order valence-corrected chi connectivity index (χ4v) is 7.74. The van der Waals surface area contributed by atoms with Crippen molar-refractivity contribution < 1.29 is 38.9 Å². The number of aliphatic hydroxyl groups excluding tert-OH is 2. The summed E-state index contributed by atoms with van der Waals surface area (Å²) in [6, 6.07) is 13.5. The molecule has 0 radical (unpaired) electrons. The van der Waals surface area contributed by atoms with Gasteiger partial charge in [0.05, 0.1) is 51.7 Å². The summed E-state index contributed by atoms with van der Waals surface area (Å²) in [5.74, 6) is 0. The van der Waals surface area contributed by atoms with Crippen LogP contribution in [0, 0.1) is 10.8 Å². The smallest absolute Gasteiger partial charge is 0.373 e. The lowest BCUT2D eigenvalue weighted by Crippen LogP contribution is -2.61. The van der Waals surface area contributed by atoms with Crippen molar-refractivity contribution in [3.8, 4) is 0 Å². The van der Waals surface area contributed by atoms with E-state index in [9.17, 15) is 10.2 Å². The van der Waals surface area contributed by atoms with Crippen LogP contribution in [-0.4, -0.2) is 87.3 Å². The molecule has 2 aromatic carbocycles. The van der Waals surface area contributed by atoms with E-state index in [1.54, 1.807) is 0 Å². The normalized spacial score (nSPS) is 21.8. The monoisotopic (exact) mass is 738 g/mol. The highest BCUT2D eigenvalue weighted by molar-refractivity contribution is 9.10. The molecule has 10 nitrogen and oxygen atoms in total. The SMILES string of the molecule is CCC1(CC)Cc2ccc(Br)cc2N2CCOCC21.O=C=O.O=C=O.OCC1(CO)Cc2ccc(Br)cc2N2CCOCC21. The maximum absolute atomic E-state index is 9.81. The molecular formula is C32H40Br2N2O8. The third kappa shape index (κ3) is 7.69. The van der Waals surface area contributed by atoms with E-state index in [2.05, 4.69) is 85.8 Å². The van der Waals surface area contributed by atoms with E-state index in [1.807, 2.05) is 6.07 Å². The highest BCUT2D eigenvalue weighted by Crippen LogP contribution is 2.47. The zero-order chi connectivity index (χ0) is 32.3. The number of nitrogens with zero attached hydrogens (tertiary/aromatic N) is 2. The lowest BCUT2D eigenvalue weighted by molar-refractivity contribution is -0.193. The largest absolute Gasteiger partial charge is 0.396 e. The van der Waals surface area contributed by atoms with Crippen LogP contribution in [0.3, 0.4) is 0 Å². The first-order valence-electron chi connectivity index (χ1n) is 14.7. The van der Waals surface area contributed by atoms with Gasteiger partial charge in [0.15, 0.2) is 0 Å². The van der Waals surface area contributed by atoms with Gasteiger partial charge in [-0.2, -0.15) is 19.2 Å². The molecule has 2 atom stereocenters. The van der Waals surface area contributed by atoms with Crippen LogP contribution >= 0.6 is 31.9 Å². The third-order valence-corrected chi connectivity index (χ3v) is 10.5. The Balaban J connectivity index is 0.000000204. The van der Waals surface area contributed by atoms with E-state index in [-0.39, 0.29) is 31.6 Å². The standard InChI is InChI=1S/C16H22BrNO.C14H18BrNO3.2CO2/c1-3-16(4-2)10-12-5-6-13(17)9-14(12)18-7-8-19-11-15(16)18;15-11-2-1-10-6-14(8-17,9-18)13-7-19-4-3-16(13)12(10)5-11;2*2-1-3/h5-6,9,15H,3-4,7-8,10-11H2,1-2H3;1-2,5,13,17-18H,3-4,6-9H2;;. The average Bonchev–Trinajstić information content (AvgIpc) is 3.05. The van der Waals surface area contributed by atoms with E-state index in [1.165, 1.54) is 46.2 Å². The van der Waals surface area contributed by atoms with Gasteiger partial charge in [-0.3, -0.25) is 0 Å². The number of benzene rings is 2. The summed E-state index contributed by atoms with van der Waals surface area (Å²) in [4.78, 5) is 37.4. The summed E-state index contributed by atoms with van der Waals surface area (Å²) in [6.07, 6.45) is 4.83. The highest BCUT2D eigenvalue weighted by Gasteiger charge is 2.47. The predicted octanol–water partition coefficient (Wildman–Crippen LogP) is 4.03. The summed E-state index contributed by atoms with van der Waals surface area (Å²) in [5, 5.41) is 19.6. The molecule has 240 valence electrons. The van der Waals surface area contributed by atoms with E-state index in [0.29, 0.717) is 31.1 Å². The molecule has 2 saturated heterocycles. The molecule has 0 spiro atoms. The number of ether oxygens (including phenoxy) is 2. The Bertz CT molecular complexity index is 1210. The number of rotatable bonds is 4. The topological polar surface area (TPSA) is 134 Å². The maximum Gasteiger partial charge on any atom is 0.373 e. The van der Waals surface area contributed by atoms with Crippen LogP contribution in [-0.2, 0) is 41.5 Å². The predicted molar refractivity (Wildman–Crippen MR) is 169 cm³/mol. The van der Waals surface area contributed by atoms with Crippen molar-refractivity contribution in [1.82, 2.24) is 0 Å². The van der Waals surface area contributed by atoms with Crippen LogP contribution in [0.2, 0.25) is 0 Å². The summed E-state index contributed by atoms with van der Waals surface area (Å²) in [6.45, 7) is 9.43. The highest BCUT2D eigenvalue weighted by atomic mass is 79.9. The Labute approximate surface area is 274 Å². The molecule has 4 heterocycles. The maximum atomic E-state index is 9.81. The van der Waals surface area contributed by atoms with Crippen LogP contribution in [0.25, 0.3) is 0 Å². The van der Waals surface area contributed by atoms with E-state index in [0.717, 1.165) is 30.8 Å². The van der Waals surface area contributed by atoms with Gasteiger partial charge in [-0.05, 0) is 66.5 Å². The van der Waals surface area contributed by atoms with Gasteiger partial charge in [-0.15, -0.1) is 0 Å². The van der Waals surface area contributed by atoms with Gasteiger partial charge >= 0.3 is 12.3 Å². The summed E-state index contributed by atoms with van der Waals surface area (Å²) >= 11 is 7.12. The molecule has 2 fully saturated rings. The van der Waals surface area contributed by atoms with Crippen molar-refractivity contribution in [2.45, 2.75) is 51.6 Å². The molecule has 2 aromatic rings. The minimum absolute atomic E-state index is 0.0243. The second-order valence-corrected chi connectivity index (χ2v) is 13.2. The fourth-order valence-electron chi connectivity index (χ4n) is 7.04. The molecule has 4 aliphatic rings. The Morgan fingerprint density at radius 1 is 0.750 bits per heavy atom. The quantitative estimate of drug-likeness (QED) is 0.474. The Kier molecular flexibility index (Phi) is 13.8. The molecule has 0 saturated carbocycles. The van der Waals surface area contributed by atoms with Gasteiger partial charge < -0.3 is 29.5 Å². The van der Waals surface area contributed by atoms with Crippen LogP contribution in [0.4, 0.5) is 11.4 Å². The number of anilines is 2. The van der Waals surface area contributed by atoms with Crippen molar-refractivity contribution in [2.24, 2.45) is 10.8 Å². The number of hydrogen-bond donors (Lipinski definition) is 2. The summed E-state index contributed by atoms with van der Waals surface area (Å²) in [7, 11) is 0. The summed E-state index contributed by atoms with van der Waals surface area (Å²) in [5.41, 5.74) is 5.16. The molecule has 2 unspecified atom stereocenters. The molecule has 0 amide bonds. The molecule has 0 aliphatic carbocycles. The number of morpholine rings is 2. The zero-order valence-corrected chi connectivity index (χ0v) is 28.3. The van der Waals surface area contributed by atoms with Gasteiger partial charge in [0.2, 0.25) is 0 Å². The van der Waals surface area contributed by atoms with Gasteiger partial charge in [-0.1, -0.05) is 57.8 Å². The Morgan fingerprint density at radius 3 is 1.52 bits per heavy atom. The molecule has 4 aliphatic heterocycles. The molecule has 0 bridgehead atoms. The molecule has 0 aromatic heterocycles. The first kappa shape index (κ1) is 36.1. The third-order valence-electron chi connectivity index (χ3n) is 9.51. The number of fused-ring (bicyclic) bond motifs is 6. The second-order valence-electron chi connectivity index (χ2n) is 11.4. The van der Waals surface area contributed by atoms with E-state index >= 15 is 0 Å². The van der Waals surface area contributed by atoms with Crippen LogP contribution in [0.15, 0.2) is 45.3 Å². The van der Waals surface area contributed by atoms with Gasteiger partial charge in [-0.25, -0.2) is 0 Å². The number of hydrogen-bond acceptors (Lipinski definition) is 10. The van der Waals surface area contributed by atoms with Gasteiger partial charge in [0.25, 0.3) is 0 Å². The molecule has 6 rings (SSSR count). The van der Waals surface area contributed by atoms with Crippen molar-refractivity contribution in [3.05, 3.63) is 56.5 Å². The number of halogens is 2. The molecular weight excluding hydrogens is 700 g/mol. The zero-order valence-electron chi connectivity index (χ0n) is 25.1. The second kappa shape index (κ2) is 16.8. The minimum Gasteiger partial charge on any atom is -0.396 e. The van der Waals surface area contributed by atoms with Crippen LogP contribution in [0.1, 0.15) is 37.8 Å². The number of aliphatic hydroxyl groups is 2. The molecule has 44 heavy (non-hydrogen) atoms. The van der Waals surface area contributed by atoms with Crippen molar-refractivity contribution in [2.75, 3.05) is 62.5 Å². The van der Waals surface area contributed by atoms with Crippen LogP contribution in [0.5, 0.6) is 0 Å². The van der Waals surface area contributed by atoms with Crippen molar-refractivity contribution in [1.29, 1.82) is 0 Å². The van der Waals surface area contributed by atoms with Gasteiger partial charge in [0, 0.05) is 38.8 Å². The molecule has 2 N–H and O–H groups in total. The van der Waals surface area contributed by atoms with Crippen molar-refractivity contribution >= 4 is 55.5 Å². The van der Waals surface area contributed by atoms with E-state index in [4.69, 9.17) is 28.7 Å².